The molecule has 0 aliphatic heterocycles. The van der Waals surface area contributed by atoms with Crippen molar-refractivity contribution in [3.8, 4) is 10.4 Å². The van der Waals surface area contributed by atoms with Gasteiger partial charge in [-0.1, -0.05) is 18.7 Å². The average molecular weight is 325 g/mol. The molecular formula is C17H15N3O2S. The Morgan fingerprint density at radius 3 is 2.78 bits per heavy atom. The van der Waals surface area contributed by atoms with Crippen LogP contribution in [0, 0.1) is 6.57 Å². The van der Waals surface area contributed by atoms with Gasteiger partial charge >= 0.3 is 11.8 Å². The number of hydrogen-bond donors (Lipinski definition) is 0. The molecule has 3 rings (SSSR count). The molecule has 2 aromatic heterocycles. The van der Waals surface area contributed by atoms with Crippen LogP contribution in [0.2, 0.25) is 0 Å². The molecule has 0 radical (unpaired) electrons. The molecule has 0 bridgehead atoms. The van der Waals surface area contributed by atoms with Gasteiger partial charge in [0.15, 0.2) is 0 Å². The normalized spacial score (nSPS) is 10.9. The lowest BCUT2D eigenvalue weighted by atomic mass is 10.1. The third kappa shape index (κ3) is 2.60. The molecule has 1 aromatic carbocycles. The number of nitrogens with zero attached hydrogens (tertiary/aromatic N) is 3. The summed E-state index contributed by atoms with van der Waals surface area (Å²) >= 11 is 1.37. The number of benzene rings is 1. The molecule has 0 unspecified atom stereocenters. The van der Waals surface area contributed by atoms with Gasteiger partial charge in [-0.2, -0.15) is 4.68 Å². The number of esters is 1. The highest BCUT2D eigenvalue weighted by molar-refractivity contribution is 7.17. The van der Waals surface area contributed by atoms with E-state index in [1.807, 2.05) is 42.8 Å². The van der Waals surface area contributed by atoms with Gasteiger partial charge in [0, 0.05) is 10.3 Å². The van der Waals surface area contributed by atoms with Crippen molar-refractivity contribution >= 4 is 34.0 Å². The minimum absolute atomic E-state index is 0.187. The number of methoxy groups -OCH3 is 1. The molecule has 3 aromatic rings. The maximum Gasteiger partial charge on any atom is 0.348 e. The van der Waals surface area contributed by atoms with Gasteiger partial charge < -0.3 is 9.58 Å². The van der Waals surface area contributed by atoms with Gasteiger partial charge in [-0.05, 0) is 42.7 Å². The van der Waals surface area contributed by atoms with E-state index < -0.39 is 0 Å². The lowest BCUT2D eigenvalue weighted by molar-refractivity contribution is 0.0606. The Labute approximate surface area is 137 Å². The predicted octanol–water partition coefficient (Wildman–Crippen LogP) is 4.68. The Hall–Kier alpha value is -2.65. The lowest BCUT2D eigenvalue weighted by Gasteiger charge is -2.04. The van der Waals surface area contributed by atoms with E-state index >= 15 is 0 Å². The van der Waals surface area contributed by atoms with Crippen LogP contribution >= 0.6 is 11.3 Å². The zero-order valence-corrected chi connectivity index (χ0v) is 13.8. The standard InChI is InChI=1S/C17H15N3O2S/c1-10(2)20-13-6-5-11(9-12(13)16(18-3)19-20)14-7-8-15(23-14)17(21)22-4/h5-10H,1-2,4H3. The summed E-state index contributed by atoms with van der Waals surface area (Å²) in [4.78, 5) is 16.6. The third-order valence-electron chi connectivity index (χ3n) is 3.56. The number of carbonyl (C=O) groups is 1. The number of ether oxygens (including phenoxy) is 1. The molecule has 23 heavy (non-hydrogen) atoms. The van der Waals surface area contributed by atoms with Crippen LogP contribution in [0.3, 0.4) is 0 Å². The Morgan fingerprint density at radius 2 is 2.13 bits per heavy atom. The summed E-state index contributed by atoms with van der Waals surface area (Å²) in [6.07, 6.45) is 0. The molecule has 2 heterocycles. The van der Waals surface area contributed by atoms with Gasteiger partial charge in [0.2, 0.25) is 0 Å². The second-order valence-electron chi connectivity index (χ2n) is 5.36. The van der Waals surface area contributed by atoms with E-state index in [2.05, 4.69) is 9.94 Å². The molecule has 5 nitrogen and oxygen atoms in total. The maximum atomic E-state index is 11.6. The molecule has 0 aliphatic rings. The lowest BCUT2D eigenvalue weighted by Crippen LogP contribution is -2.01. The summed E-state index contributed by atoms with van der Waals surface area (Å²) in [5.41, 5.74) is 1.91. The Kier molecular flexibility index (Phi) is 3.89. The fraction of sp³-hybridized carbons (Fsp3) is 0.235. The summed E-state index contributed by atoms with van der Waals surface area (Å²) in [5.74, 6) is 0.0668. The Bertz CT molecular complexity index is 931. The zero-order valence-electron chi connectivity index (χ0n) is 13.0. The molecule has 6 heteroatoms. The van der Waals surface area contributed by atoms with Gasteiger partial charge in [-0.15, -0.1) is 11.3 Å². The van der Waals surface area contributed by atoms with Crippen LogP contribution < -0.4 is 0 Å². The topological polar surface area (TPSA) is 48.5 Å². The fourth-order valence-electron chi connectivity index (χ4n) is 2.46. The quantitative estimate of drug-likeness (QED) is 0.519. The van der Waals surface area contributed by atoms with Crippen molar-refractivity contribution in [2.45, 2.75) is 19.9 Å². The van der Waals surface area contributed by atoms with Gasteiger partial charge in [0.1, 0.15) is 4.88 Å². The van der Waals surface area contributed by atoms with E-state index in [9.17, 15) is 4.79 Å². The van der Waals surface area contributed by atoms with Gasteiger partial charge in [-0.3, -0.25) is 0 Å². The first-order chi connectivity index (χ1) is 11.0. The van der Waals surface area contributed by atoms with Crippen molar-refractivity contribution in [1.82, 2.24) is 9.78 Å². The highest BCUT2D eigenvalue weighted by Crippen LogP contribution is 2.34. The molecule has 0 spiro atoms. The Balaban J connectivity index is 2.12. The van der Waals surface area contributed by atoms with Crippen molar-refractivity contribution in [2.24, 2.45) is 0 Å². The minimum Gasteiger partial charge on any atom is -0.465 e. The number of hydrogen-bond acceptors (Lipinski definition) is 4. The first kappa shape index (κ1) is 15.3. The van der Waals surface area contributed by atoms with Gasteiger partial charge in [0.25, 0.3) is 0 Å². The van der Waals surface area contributed by atoms with E-state index in [0.29, 0.717) is 10.7 Å². The van der Waals surface area contributed by atoms with E-state index in [-0.39, 0.29) is 12.0 Å². The smallest absolute Gasteiger partial charge is 0.348 e. The number of rotatable bonds is 3. The van der Waals surface area contributed by atoms with E-state index in [1.165, 1.54) is 18.4 Å². The molecular weight excluding hydrogens is 310 g/mol. The van der Waals surface area contributed by atoms with Gasteiger partial charge in [0.05, 0.1) is 18.7 Å². The second kappa shape index (κ2) is 5.86. The number of thiophene rings is 1. The van der Waals surface area contributed by atoms with Crippen LogP contribution in [0.5, 0.6) is 0 Å². The largest absolute Gasteiger partial charge is 0.465 e. The predicted molar refractivity (Wildman–Crippen MR) is 91.0 cm³/mol. The Morgan fingerprint density at radius 1 is 1.35 bits per heavy atom. The molecule has 116 valence electrons. The molecule has 0 amide bonds. The second-order valence-corrected chi connectivity index (χ2v) is 6.44. The van der Waals surface area contributed by atoms with Crippen molar-refractivity contribution in [3.05, 3.63) is 46.6 Å². The summed E-state index contributed by atoms with van der Waals surface area (Å²) in [6, 6.07) is 9.76. The van der Waals surface area contributed by atoms with E-state index in [1.54, 1.807) is 6.07 Å². The molecule has 0 N–H and O–H groups in total. The average Bonchev–Trinajstić information content (AvgIpc) is 3.18. The van der Waals surface area contributed by atoms with E-state index in [4.69, 9.17) is 11.3 Å². The summed E-state index contributed by atoms with van der Waals surface area (Å²) in [5, 5.41) is 5.21. The van der Waals surface area contributed by atoms with Crippen molar-refractivity contribution in [1.29, 1.82) is 0 Å². The summed E-state index contributed by atoms with van der Waals surface area (Å²) in [6.45, 7) is 11.4. The first-order valence-electron chi connectivity index (χ1n) is 7.13. The SMILES string of the molecule is [C-]#[N+]c1nn(C(C)C)c2ccc(-c3ccc(C(=O)OC)s3)cc12. The molecule has 0 atom stereocenters. The van der Waals surface area contributed by atoms with Crippen LogP contribution in [-0.4, -0.2) is 22.9 Å². The van der Waals surface area contributed by atoms with Crippen LogP contribution in [0.15, 0.2) is 30.3 Å². The highest BCUT2D eigenvalue weighted by atomic mass is 32.1. The van der Waals surface area contributed by atoms with E-state index in [0.717, 1.165) is 21.3 Å². The maximum absolute atomic E-state index is 11.6. The van der Waals surface area contributed by atoms with Gasteiger partial charge in [-0.25, -0.2) is 4.79 Å². The van der Waals surface area contributed by atoms with Crippen LogP contribution in [0.1, 0.15) is 29.6 Å². The van der Waals surface area contributed by atoms with Crippen molar-refractivity contribution < 1.29 is 9.53 Å². The summed E-state index contributed by atoms with van der Waals surface area (Å²) in [7, 11) is 1.37. The number of aromatic nitrogens is 2. The fourth-order valence-corrected chi connectivity index (χ4v) is 3.38. The first-order valence-corrected chi connectivity index (χ1v) is 7.95. The minimum atomic E-state index is -0.336. The third-order valence-corrected chi connectivity index (χ3v) is 4.67. The monoisotopic (exact) mass is 325 g/mol. The summed E-state index contributed by atoms with van der Waals surface area (Å²) < 4.78 is 6.60. The molecule has 0 aliphatic carbocycles. The highest BCUT2D eigenvalue weighted by Gasteiger charge is 2.16. The number of fused-ring (bicyclic) bond motifs is 1. The van der Waals surface area contributed by atoms with Crippen LogP contribution in [-0.2, 0) is 4.74 Å². The molecule has 0 fully saturated rings. The molecule has 0 saturated carbocycles. The zero-order chi connectivity index (χ0) is 16.6. The van der Waals surface area contributed by atoms with Crippen molar-refractivity contribution in [2.75, 3.05) is 7.11 Å². The molecule has 0 saturated heterocycles. The van der Waals surface area contributed by atoms with Crippen LogP contribution in [0.25, 0.3) is 26.2 Å². The van der Waals surface area contributed by atoms with Crippen molar-refractivity contribution in [3.63, 3.8) is 0 Å². The van der Waals surface area contributed by atoms with Crippen LogP contribution in [0.4, 0.5) is 5.82 Å². The number of carbonyl (C=O) groups excluding carboxylic acids is 1.